The van der Waals surface area contributed by atoms with Gasteiger partial charge in [-0.25, -0.2) is 0 Å². The summed E-state index contributed by atoms with van der Waals surface area (Å²) in [5.41, 5.74) is 2.22. The fourth-order valence-electron chi connectivity index (χ4n) is 4.21. The molecule has 5 nitrogen and oxygen atoms in total. The van der Waals surface area contributed by atoms with Gasteiger partial charge < -0.3 is 19.2 Å². The molecule has 1 aromatic heterocycles. The molecule has 0 saturated carbocycles. The van der Waals surface area contributed by atoms with Crippen molar-refractivity contribution >= 4 is 11.0 Å². The lowest BCUT2D eigenvalue weighted by Crippen LogP contribution is -2.30. The summed E-state index contributed by atoms with van der Waals surface area (Å²) in [7, 11) is 1.45. The predicted octanol–water partition coefficient (Wildman–Crippen LogP) is 4.98. The third kappa shape index (κ3) is 4.51. The summed E-state index contributed by atoms with van der Waals surface area (Å²) in [6.07, 6.45) is 7.53. The lowest BCUT2D eigenvalue weighted by molar-refractivity contribution is 0.225. The van der Waals surface area contributed by atoms with Gasteiger partial charge in [0.1, 0.15) is 5.76 Å². The van der Waals surface area contributed by atoms with Gasteiger partial charge in [0.15, 0.2) is 16.8 Å². The highest BCUT2D eigenvalue weighted by molar-refractivity contribution is 5.86. The Balaban J connectivity index is 1.44. The highest BCUT2D eigenvalue weighted by Crippen LogP contribution is 2.35. The molecule has 3 aromatic rings. The van der Waals surface area contributed by atoms with E-state index < -0.39 is 0 Å². The van der Waals surface area contributed by atoms with Crippen LogP contribution in [0, 0.1) is 0 Å². The molecule has 0 amide bonds. The Kier molecular flexibility index (Phi) is 6.38. The second-order valence-corrected chi connectivity index (χ2v) is 8.03. The van der Waals surface area contributed by atoms with Crippen LogP contribution < -0.4 is 10.2 Å². The third-order valence-electron chi connectivity index (χ3n) is 5.91. The zero-order valence-electron chi connectivity index (χ0n) is 17.5. The van der Waals surface area contributed by atoms with E-state index in [2.05, 4.69) is 17.0 Å². The summed E-state index contributed by atoms with van der Waals surface area (Å²) >= 11 is 0. The zero-order chi connectivity index (χ0) is 20.9. The number of likely N-dealkylation sites (tertiary alicyclic amines) is 1. The van der Waals surface area contributed by atoms with Gasteiger partial charge in [-0.3, -0.25) is 4.79 Å². The Hall–Kier alpha value is -2.79. The highest BCUT2D eigenvalue weighted by atomic mass is 16.5. The number of nitrogens with zero attached hydrogens (tertiary/aromatic N) is 1. The Bertz CT molecular complexity index is 1050. The third-order valence-corrected chi connectivity index (χ3v) is 5.91. The molecule has 1 aliphatic rings. The van der Waals surface area contributed by atoms with Crippen molar-refractivity contribution in [1.29, 1.82) is 0 Å². The monoisotopic (exact) mass is 407 g/mol. The van der Waals surface area contributed by atoms with E-state index in [0.29, 0.717) is 11.1 Å². The largest absolute Gasteiger partial charge is 0.504 e. The summed E-state index contributed by atoms with van der Waals surface area (Å²) in [6.45, 7) is 3.72. The topological polar surface area (TPSA) is 62.9 Å². The van der Waals surface area contributed by atoms with Crippen LogP contribution >= 0.6 is 0 Å². The molecule has 4 rings (SSSR count). The molecule has 0 atom stereocenters. The van der Waals surface area contributed by atoms with E-state index in [1.807, 2.05) is 12.1 Å². The summed E-state index contributed by atoms with van der Waals surface area (Å²) in [5, 5.41) is 10.4. The van der Waals surface area contributed by atoms with Gasteiger partial charge in [0, 0.05) is 11.6 Å². The fourth-order valence-corrected chi connectivity index (χ4v) is 4.21. The van der Waals surface area contributed by atoms with Crippen molar-refractivity contribution in [3.05, 3.63) is 58.3 Å². The van der Waals surface area contributed by atoms with Crippen molar-refractivity contribution in [2.75, 3.05) is 26.7 Å². The number of aryl methyl sites for hydroxylation is 1. The zero-order valence-corrected chi connectivity index (χ0v) is 17.5. The Morgan fingerprint density at radius 2 is 1.80 bits per heavy atom. The van der Waals surface area contributed by atoms with Crippen LogP contribution in [-0.2, 0) is 6.42 Å². The smallest absolute Gasteiger partial charge is 0.204 e. The van der Waals surface area contributed by atoms with Crippen molar-refractivity contribution < 1.29 is 14.3 Å². The van der Waals surface area contributed by atoms with Gasteiger partial charge >= 0.3 is 0 Å². The van der Waals surface area contributed by atoms with Gasteiger partial charge in [-0.2, -0.15) is 0 Å². The molecule has 5 heteroatoms. The van der Waals surface area contributed by atoms with Gasteiger partial charge in [0.05, 0.1) is 12.5 Å². The number of rotatable bonds is 7. The molecule has 0 bridgehead atoms. The average molecular weight is 408 g/mol. The molecule has 2 heterocycles. The Labute approximate surface area is 176 Å². The average Bonchev–Trinajstić information content (AvgIpc) is 2.77. The first-order valence-electron chi connectivity index (χ1n) is 10.8. The molecular weight excluding hydrogens is 378 g/mol. The van der Waals surface area contributed by atoms with E-state index in [1.165, 1.54) is 76.5 Å². The summed E-state index contributed by atoms with van der Waals surface area (Å²) in [5.74, 6) is 0.593. The molecule has 1 aliphatic heterocycles. The molecule has 0 aliphatic carbocycles. The number of unbranched alkanes of at least 4 members (excludes halogenated alkanes) is 1. The number of phenolic OH excluding ortho intramolecular Hbond substituents is 1. The number of hydrogen-bond acceptors (Lipinski definition) is 5. The minimum atomic E-state index is -0.161. The fraction of sp³-hybridized carbons (Fsp3) is 0.400. The van der Waals surface area contributed by atoms with Crippen LogP contribution in [0.5, 0.6) is 11.5 Å². The van der Waals surface area contributed by atoms with Crippen LogP contribution in [0.15, 0.2) is 51.7 Å². The van der Waals surface area contributed by atoms with Crippen molar-refractivity contribution in [3.63, 3.8) is 0 Å². The number of fused-ring (bicyclic) bond motifs is 1. The first-order valence-corrected chi connectivity index (χ1v) is 10.8. The van der Waals surface area contributed by atoms with E-state index in [0.717, 1.165) is 12.0 Å². The number of methoxy groups -OCH3 is 1. The standard InChI is InChI=1S/C25H29NO4/c1-29-25-21(27)13-12-20-22(28)17-23(30-24(20)25)19-10-8-18(9-11-19)7-3-6-16-26-14-4-2-5-15-26/h8-13,17,27H,2-7,14-16H2,1H3. The molecule has 0 unspecified atom stereocenters. The molecule has 30 heavy (non-hydrogen) atoms. The normalized spacial score (nSPS) is 14.8. The first kappa shape index (κ1) is 20.5. The number of aromatic hydroxyl groups is 1. The van der Waals surface area contributed by atoms with Gasteiger partial charge in [0.2, 0.25) is 5.75 Å². The van der Waals surface area contributed by atoms with Crippen LogP contribution in [0.1, 0.15) is 37.7 Å². The van der Waals surface area contributed by atoms with E-state index >= 15 is 0 Å². The summed E-state index contributed by atoms with van der Waals surface area (Å²) in [4.78, 5) is 15.1. The molecule has 0 spiro atoms. The van der Waals surface area contributed by atoms with Crippen LogP contribution in [0.25, 0.3) is 22.3 Å². The molecule has 158 valence electrons. The maximum atomic E-state index is 12.5. The van der Waals surface area contributed by atoms with Crippen LogP contribution in [0.3, 0.4) is 0 Å². The van der Waals surface area contributed by atoms with Gasteiger partial charge in [-0.1, -0.05) is 30.7 Å². The van der Waals surface area contributed by atoms with Gasteiger partial charge in [-0.15, -0.1) is 0 Å². The number of ether oxygens (including phenoxy) is 1. The van der Waals surface area contributed by atoms with E-state index in [9.17, 15) is 9.90 Å². The van der Waals surface area contributed by atoms with E-state index in [4.69, 9.17) is 9.15 Å². The van der Waals surface area contributed by atoms with Crippen LogP contribution in [0.4, 0.5) is 0 Å². The minimum absolute atomic E-state index is 0.0507. The molecule has 2 aromatic carbocycles. The molecule has 0 radical (unpaired) electrons. The SMILES string of the molecule is COc1c(O)ccc2c(=O)cc(-c3ccc(CCCCN4CCCCC4)cc3)oc12. The predicted molar refractivity (Wildman–Crippen MR) is 119 cm³/mol. The lowest BCUT2D eigenvalue weighted by Gasteiger charge is -2.26. The number of benzene rings is 2. The van der Waals surface area contributed by atoms with Gasteiger partial charge in [-0.05, 0) is 69.4 Å². The Morgan fingerprint density at radius 3 is 2.53 bits per heavy atom. The maximum absolute atomic E-state index is 12.5. The molecule has 1 fully saturated rings. The molecular formula is C25H29NO4. The first-order chi connectivity index (χ1) is 14.7. The second kappa shape index (κ2) is 9.35. The number of phenols is 1. The number of hydrogen-bond donors (Lipinski definition) is 1. The minimum Gasteiger partial charge on any atom is -0.504 e. The summed E-state index contributed by atoms with van der Waals surface area (Å²) in [6, 6.07) is 12.7. The Morgan fingerprint density at radius 1 is 1.03 bits per heavy atom. The van der Waals surface area contributed by atoms with E-state index in [-0.39, 0.29) is 22.5 Å². The lowest BCUT2D eigenvalue weighted by atomic mass is 10.0. The molecule has 1 N–H and O–H groups in total. The highest BCUT2D eigenvalue weighted by Gasteiger charge is 2.15. The van der Waals surface area contributed by atoms with Crippen molar-refractivity contribution in [2.24, 2.45) is 0 Å². The van der Waals surface area contributed by atoms with E-state index in [1.54, 1.807) is 6.07 Å². The van der Waals surface area contributed by atoms with Crippen molar-refractivity contribution in [3.8, 4) is 22.8 Å². The molecule has 1 saturated heterocycles. The van der Waals surface area contributed by atoms with Crippen molar-refractivity contribution in [1.82, 2.24) is 4.90 Å². The quantitative estimate of drug-likeness (QED) is 0.560. The van der Waals surface area contributed by atoms with Crippen LogP contribution in [0.2, 0.25) is 0 Å². The number of piperidine rings is 1. The van der Waals surface area contributed by atoms with Crippen molar-refractivity contribution in [2.45, 2.75) is 38.5 Å². The second-order valence-electron chi connectivity index (χ2n) is 8.03. The maximum Gasteiger partial charge on any atom is 0.204 e. The van der Waals surface area contributed by atoms with Gasteiger partial charge in [0.25, 0.3) is 0 Å². The summed E-state index contributed by atoms with van der Waals surface area (Å²) < 4.78 is 11.2. The van der Waals surface area contributed by atoms with Crippen LogP contribution in [-0.4, -0.2) is 36.8 Å².